The number of anilines is 1. The molecule has 7 nitrogen and oxygen atoms in total. The van der Waals surface area contributed by atoms with Gasteiger partial charge in [-0.05, 0) is 38.8 Å². The molecular weight excluding hydrogens is 276 g/mol. The number of hydrogen-bond donors (Lipinski definition) is 2. The molecule has 0 atom stereocenters. The molecule has 0 spiro atoms. The minimum Gasteiger partial charge on any atom is -0.477 e. The van der Waals surface area contributed by atoms with Gasteiger partial charge in [0.25, 0.3) is 5.69 Å². The fraction of sp³-hybridized carbons (Fsp3) is 0.500. The molecule has 0 aliphatic heterocycles. The van der Waals surface area contributed by atoms with Crippen LogP contribution in [0.5, 0.6) is 0 Å². The summed E-state index contributed by atoms with van der Waals surface area (Å²) in [6, 6.07) is 3.99. The second-order valence-corrected chi connectivity index (χ2v) is 4.85. The summed E-state index contributed by atoms with van der Waals surface area (Å²) in [4.78, 5) is 21.0. The van der Waals surface area contributed by atoms with Gasteiger partial charge in [0.2, 0.25) is 0 Å². The highest BCUT2D eigenvalue weighted by molar-refractivity contribution is 5.93. The van der Waals surface area contributed by atoms with Gasteiger partial charge in [0, 0.05) is 24.9 Å². The van der Waals surface area contributed by atoms with Crippen LogP contribution in [-0.2, 0) is 4.74 Å². The van der Waals surface area contributed by atoms with Crippen molar-refractivity contribution in [3.8, 4) is 0 Å². The Morgan fingerprint density at radius 3 is 2.71 bits per heavy atom. The monoisotopic (exact) mass is 296 g/mol. The van der Waals surface area contributed by atoms with Crippen LogP contribution in [0.4, 0.5) is 11.4 Å². The van der Waals surface area contributed by atoms with Gasteiger partial charge in [0.15, 0.2) is 0 Å². The number of ether oxygens (including phenoxy) is 1. The largest absolute Gasteiger partial charge is 0.477 e. The van der Waals surface area contributed by atoms with Gasteiger partial charge in [0.1, 0.15) is 5.56 Å². The van der Waals surface area contributed by atoms with Crippen molar-refractivity contribution in [2.75, 3.05) is 18.5 Å². The minimum atomic E-state index is -1.31. The number of carboxylic acid groups (broad SMARTS) is 1. The Hall–Kier alpha value is -2.15. The van der Waals surface area contributed by atoms with Crippen LogP contribution < -0.4 is 5.32 Å². The second-order valence-electron chi connectivity index (χ2n) is 4.85. The molecule has 1 aromatic carbocycles. The number of hydrogen-bond acceptors (Lipinski definition) is 5. The van der Waals surface area contributed by atoms with Crippen molar-refractivity contribution < 1.29 is 19.6 Å². The Kier molecular flexibility index (Phi) is 6.61. The number of benzene rings is 1. The summed E-state index contributed by atoms with van der Waals surface area (Å²) < 4.78 is 5.41. The van der Waals surface area contributed by atoms with E-state index in [1.54, 1.807) is 0 Å². The Labute approximate surface area is 123 Å². The summed E-state index contributed by atoms with van der Waals surface area (Å²) in [5.41, 5.74) is -0.158. The molecule has 0 aliphatic rings. The average Bonchev–Trinajstić information content (AvgIpc) is 2.41. The van der Waals surface area contributed by atoms with Gasteiger partial charge in [-0.2, -0.15) is 0 Å². The van der Waals surface area contributed by atoms with Crippen LogP contribution in [0.1, 0.15) is 37.0 Å². The lowest BCUT2D eigenvalue weighted by Crippen LogP contribution is -2.08. The molecule has 21 heavy (non-hydrogen) atoms. The van der Waals surface area contributed by atoms with Gasteiger partial charge in [-0.15, -0.1) is 0 Å². The number of unbranched alkanes of at least 4 members (excludes halogenated alkanes) is 1. The van der Waals surface area contributed by atoms with Gasteiger partial charge < -0.3 is 15.2 Å². The van der Waals surface area contributed by atoms with E-state index in [0.717, 1.165) is 12.8 Å². The highest BCUT2D eigenvalue weighted by Gasteiger charge is 2.19. The zero-order valence-electron chi connectivity index (χ0n) is 12.2. The van der Waals surface area contributed by atoms with E-state index in [-0.39, 0.29) is 11.7 Å². The second kappa shape index (κ2) is 8.21. The van der Waals surface area contributed by atoms with Crippen molar-refractivity contribution in [1.82, 2.24) is 0 Å². The first-order chi connectivity index (χ1) is 9.91. The molecule has 0 fully saturated rings. The Bertz CT molecular complexity index is 502. The summed E-state index contributed by atoms with van der Waals surface area (Å²) in [7, 11) is 0. The number of carbonyl (C=O) groups is 1. The molecule has 2 N–H and O–H groups in total. The van der Waals surface area contributed by atoms with Crippen molar-refractivity contribution in [3.63, 3.8) is 0 Å². The molecule has 0 amide bonds. The number of aromatic carboxylic acids is 1. The third-order valence-electron chi connectivity index (χ3n) is 2.78. The molecular formula is C14H20N2O5. The molecule has 0 aliphatic carbocycles. The normalized spacial score (nSPS) is 10.6. The Morgan fingerprint density at radius 1 is 1.43 bits per heavy atom. The molecule has 0 saturated heterocycles. The summed E-state index contributed by atoms with van der Waals surface area (Å²) in [5, 5.41) is 22.8. The maximum atomic E-state index is 11.0. The van der Waals surface area contributed by atoms with Crippen LogP contribution in [0.25, 0.3) is 0 Å². The van der Waals surface area contributed by atoms with Gasteiger partial charge in [-0.1, -0.05) is 0 Å². The highest BCUT2D eigenvalue weighted by Crippen LogP contribution is 2.22. The molecule has 0 bridgehead atoms. The number of nitrogens with one attached hydrogen (secondary N) is 1. The quantitative estimate of drug-likeness (QED) is 0.412. The standard InChI is InChI=1S/C14H20N2O5/c1-10(2)21-8-4-3-7-15-11-5-6-13(16(19)20)12(9-11)14(17)18/h5-6,9-10,15H,3-4,7-8H2,1-2H3,(H,17,18). The van der Waals surface area contributed by atoms with E-state index in [4.69, 9.17) is 9.84 Å². The molecule has 1 aromatic rings. The van der Waals surface area contributed by atoms with Crippen LogP contribution in [0, 0.1) is 10.1 Å². The van der Waals surface area contributed by atoms with Crippen molar-refractivity contribution in [3.05, 3.63) is 33.9 Å². The first-order valence-corrected chi connectivity index (χ1v) is 6.79. The summed E-state index contributed by atoms with van der Waals surface area (Å²) in [6.45, 7) is 5.28. The van der Waals surface area contributed by atoms with Gasteiger partial charge in [-0.3, -0.25) is 10.1 Å². The maximum Gasteiger partial charge on any atom is 0.342 e. The van der Waals surface area contributed by atoms with Crippen LogP contribution >= 0.6 is 0 Å². The predicted molar refractivity (Wildman–Crippen MR) is 78.9 cm³/mol. The zero-order valence-corrected chi connectivity index (χ0v) is 12.2. The van der Waals surface area contributed by atoms with Crippen LogP contribution in [0.3, 0.4) is 0 Å². The number of nitrogens with zero attached hydrogens (tertiary/aromatic N) is 1. The van der Waals surface area contributed by atoms with E-state index >= 15 is 0 Å². The first-order valence-electron chi connectivity index (χ1n) is 6.79. The first kappa shape index (κ1) is 16.9. The number of carboxylic acids is 1. The Morgan fingerprint density at radius 2 is 2.14 bits per heavy atom. The molecule has 0 heterocycles. The van der Waals surface area contributed by atoms with Crippen molar-refractivity contribution in [1.29, 1.82) is 0 Å². The molecule has 0 aromatic heterocycles. The number of nitro groups is 1. The minimum absolute atomic E-state index is 0.214. The summed E-state index contributed by atoms with van der Waals surface area (Å²) >= 11 is 0. The van der Waals surface area contributed by atoms with Crippen LogP contribution in [-0.4, -0.2) is 35.3 Å². The van der Waals surface area contributed by atoms with E-state index in [1.165, 1.54) is 18.2 Å². The lowest BCUT2D eigenvalue weighted by atomic mass is 10.1. The van der Waals surface area contributed by atoms with Crippen LogP contribution in [0.2, 0.25) is 0 Å². The van der Waals surface area contributed by atoms with Crippen molar-refractivity contribution in [2.24, 2.45) is 0 Å². The van der Waals surface area contributed by atoms with E-state index in [1.807, 2.05) is 13.8 Å². The predicted octanol–water partition coefficient (Wildman–Crippen LogP) is 2.91. The van der Waals surface area contributed by atoms with Gasteiger partial charge >= 0.3 is 5.97 Å². The molecule has 0 unspecified atom stereocenters. The molecule has 7 heteroatoms. The Balaban J connectivity index is 2.51. The maximum absolute atomic E-state index is 11.0. The third kappa shape index (κ3) is 5.78. The van der Waals surface area contributed by atoms with Gasteiger partial charge in [0.05, 0.1) is 11.0 Å². The molecule has 0 radical (unpaired) electrons. The topological polar surface area (TPSA) is 102 Å². The average molecular weight is 296 g/mol. The zero-order chi connectivity index (χ0) is 15.8. The number of rotatable bonds is 9. The summed E-state index contributed by atoms with van der Waals surface area (Å²) in [5.74, 6) is -1.31. The van der Waals surface area contributed by atoms with Crippen molar-refractivity contribution in [2.45, 2.75) is 32.8 Å². The van der Waals surface area contributed by atoms with E-state index in [0.29, 0.717) is 18.8 Å². The molecule has 116 valence electrons. The van der Waals surface area contributed by atoms with E-state index < -0.39 is 16.6 Å². The molecule has 1 rings (SSSR count). The number of nitro benzene ring substituents is 1. The lowest BCUT2D eigenvalue weighted by molar-refractivity contribution is -0.385. The van der Waals surface area contributed by atoms with Gasteiger partial charge in [-0.25, -0.2) is 4.79 Å². The van der Waals surface area contributed by atoms with Crippen LogP contribution in [0.15, 0.2) is 18.2 Å². The molecule has 0 saturated carbocycles. The smallest absolute Gasteiger partial charge is 0.342 e. The highest BCUT2D eigenvalue weighted by atomic mass is 16.6. The van der Waals surface area contributed by atoms with E-state index in [2.05, 4.69) is 5.32 Å². The van der Waals surface area contributed by atoms with Crippen molar-refractivity contribution >= 4 is 17.3 Å². The lowest BCUT2D eigenvalue weighted by Gasteiger charge is -2.09. The fourth-order valence-electron chi connectivity index (χ4n) is 1.76. The third-order valence-corrected chi connectivity index (χ3v) is 2.78. The SMILES string of the molecule is CC(C)OCCCCNc1ccc([N+](=O)[O-])c(C(=O)O)c1. The van der Waals surface area contributed by atoms with E-state index in [9.17, 15) is 14.9 Å². The summed E-state index contributed by atoms with van der Waals surface area (Å²) in [6.07, 6.45) is 1.97. The fourth-order valence-corrected chi connectivity index (χ4v) is 1.76.